The lowest BCUT2D eigenvalue weighted by atomic mass is 10.1. The topological polar surface area (TPSA) is 32.3 Å². The van der Waals surface area contributed by atoms with E-state index in [9.17, 15) is 4.79 Å². The van der Waals surface area contributed by atoms with Gasteiger partial charge in [-0.25, -0.2) is 0 Å². The number of nitrogens with one attached hydrogen (secondary N) is 1. The van der Waals surface area contributed by atoms with Crippen LogP contribution in [0.5, 0.6) is 0 Å². The number of hydrogen-bond acceptors (Lipinski definition) is 2. The maximum Gasteiger partial charge on any atom is 0.254 e. The summed E-state index contributed by atoms with van der Waals surface area (Å²) in [6, 6.07) is 8.13. The van der Waals surface area contributed by atoms with Crippen molar-refractivity contribution in [1.29, 1.82) is 0 Å². The molecule has 3 nitrogen and oxygen atoms in total. The number of amides is 1. The lowest BCUT2D eigenvalue weighted by Crippen LogP contribution is -2.33. The predicted octanol–water partition coefficient (Wildman–Crippen LogP) is 2.99. The fourth-order valence-corrected chi connectivity index (χ4v) is 2.68. The van der Waals surface area contributed by atoms with Crippen LogP contribution < -0.4 is 5.32 Å². The Morgan fingerprint density at radius 2 is 2.00 bits per heavy atom. The zero-order valence-corrected chi connectivity index (χ0v) is 11.4. The molecule has 0 radical (unpaired) electrons. The van der Waals surface area contributed by atoms with Gasteiger partial charge in [-0.3, -0.25) is 4.79 Å². The van der Waals surface area contributed by atoms with Crippen LogP contribution in [0.3, 0.4) is 0 Å². The Hall–Kier alpha value is -1.51. The Bertz CT molecular complexity index is 413. The molecule has 0 aromatic heterocycles. The summed E-state index contributed by atoms with van der Waals surface area (Å²) in [6.07, 6.45) is 1.11. The SMILES string of the molecule is CCNc1ccc(C(=O)N2CC(C)CC2C)cc1. The summed E-state index contributed by atoms with van der Waals surface area (Å²) in [6.45, 7) is 8.18. The third-order valence-corrected chi connectivity index (χ3v) is 3.56. The second kappa shape index (κ2) is 5.42. The molecule has 1 saturated heterocycles. The fourth-order valence-electron chi connectivity index (χ4n) is 2.68. The van der Waals surface area contributed by atoms with Gasteiger partial charge in [-0.2, -0.15) is 0 Å². The van der Waals surface area contributed by atoms with E-state index in [2.05, 4.69) is 26.1 Å². The minimum absolute atomic E-state index is 0.162. The van der Waals surface area contributed by atoms with Gasteiger partial charge in [0.25, 0.3) is 5.91 Å². The first kappa shape index (κ1) is 12.9. The lowest BCUT2D eigenvalue weighted by molar-refractivity contribution is 0.0744. The molecule has 98 valence electrons. The quantitative estimate of drug-likeness (QED) is 0.889. The monoisotopic (exact) mass is 246 g/mol. The van der Waals surface area contributed by atoms with Crippen LogP contribution >= 0.6 is 0 Å². The Morgan fingerprint density at radius 3 is 2.50 bits per heavy atom. The normalized spacial score (nSPS) is 23.2. The second-order valence-corrected chi connectivity index (χ2v) is 5.26. The van der Waals surface area contributed by atoms with Gasteiger partial charge in [0.1, 0.15) is 0 Å². The molecule has 1 N–H and O–H groups in total. The first-order chi connectivity index (χ1) is 8.61. The van der Waals surface area contributed by atoms with Crippen molar-refractivity contribution in [2.24, 2.45) is 5.92 Å². The minimum atomic E-state index is 0.162. The van der Waals surface area contributed by atoms with Crippen molar-refractivity contribution in [3.8, 4) is 0 Å². The van der Waals surface area contributed by atoms with E-state index in [1.165, 1.54) is 0 Å². The van der Waals surface area contributed by atoms with Gasteiger partial charge in [0.05, 0.1) is 0 Å². The van der Waals surface area contributed by atoms with E-state index in [4.69, 9.17) is 0 Å². The summed E-state index contributed by atoms with van der Waals surface area (Å²) >= 11 is 0. The van der Waals surface area contributed by atoms with Crippen LogP contribution in [0, 0.1) is 5.92 Å². The molecule has 1 fully saturated rings. The Labute approximate surface area is 109 Å². The van der Waals surface area contributed by atoms with Gasteiger partial charge in [-0.05, 0) is 50.5 Å². The van der Waals surface area contributed by atoms with E-state index in [1.54, 1.807) is 0 Å². The highest BCUT2D eigenvalue weighted by molar-refractivity contribution is 5.95. The number of hydrogen-bond donors (Lipinski definition) is 1. The van der Waals surface area contributed by atoms with Crippen molar-refractivity contribution in [3.05, 3.63) is 29.8 Å². The molecule has 1 heterocycles. The Balaban J connectivity index is 2.09. The third-order valence-electron chi connectivity index (χ3n) is 3.56. The first-order valence-corrected chi connectivity index (χ1v) is 6.76. The van der Waals surface area contributed by atoms with E-state index >= 15 is 0 Å². The number of likely N-dealkylation sites (tertiary alicyclic amines) is 1. The molecule has 0 spiro atoms. The number of anilines is 1. The molecule has 1 aromatic carbocycles. The standard InChI is InChI=1S/C15H22N2O/c1-4-16-14-7-5-13(6-8-14)15(18)17-10-11(2)9-12(17)3/h5-8,11-12,16H,4,9-10H2,1-3H3. The van der Waals surface area contributed by atoms with Crippen LogP contribution in [0.25, 0.3) is 0 Å². The Morgan fingerprint density at radius 1 is 1.33 bits per heavy atom. The molecule has 2 unspecified atom stereocenters. The van der Waals surface area contributed by atoms with E-state index in [-0.39, 0.29) is 5.91 Å². The highest BCUT2D eigenvalue weighted by atomic mass is 16.2. The molecule has 0 saturated carbocycles. The molecule has 2 rings (SSSR count). The summed E-state index contributed by atoms with van der Waals surface area (Å²) in [5.41, 5.74) is 1.86. The van der Waals surface area contributed by atoms with Crippen LogP contribution in [0.15, 0.2) is 24.3 Å². The molecular formula is C15H22N2O. The van der Waals surface area contributed by atoms with Gasteiger partial charge in [0.2, 0.25) is 0 Å². The van der Waals surface area contributed by atoms with Crippen molar-refractivity contribution < 1.29 is 4.79 Å². The van der Waals surface area contributed by atoms with E-state index < -0.39 is 0 Å². The van der Waals surface area contributed by atoms with Crippen LogP contribution in [0.1, 0.15) is 37.6 Å². The summed E-state index contributed by atoms with van der Waals surface area (Å²) in [5.74, 6) is 0.778. The molecule has 0 bridgehead atoms. The van der Waals surface area contributed by atoms with Crippen molar-refractivity contribution in [3.63, 3.8) is 0 Å². The van der Waals surface area contributed by atoms with Gasteiger partial charge >= 0.3 is 0 Å². The molecule has 3 heteroatoms. The fraction of sp³-hybridized carbons (Fsp3) is 0.533. The van der Waals surface area contributed by atoms with Crippen LogP contribution in [0.2, 0.25) is 0 Å². The minimum Gasteiger partial charge on any atom is -0.385 e. The van der Waals surface area contributed by atoms with Crippen molar-refractivity contribution >= 4 is 11.6 Å². The highest BCUT2D eigenvalue weighted by Gasteiger charge is 2.30. The highest BCUT2D eigenvalue weighted by Crippen LogP contribution is 2.24. The summed E-state index contributed by atoms with van der Waals surface area (Å²) in [5, 5.41) is 3.23. The zero-order valence-electron chi connectivity index (χ0n) is 11.4. The van der Waals surface area contributed by atoms with E-state index in [1.807, 2.05) is 29.2 Å². The average molecular weight is 246 g/mol. The predicted molar refractivity (Wildman–Crippen MR) is 74.9 cm³/mol. The van der Waals surface area contributed by atoms with Gasteiger partial charge in [-0.1, -0.05) is 6.92 Å². The maximum absolute atomic E-state index is 12.4. The average Bonchev–Trinajstić information content (AvgIpc) is 2.69. The molecule has 1 amide bonds. The van der Waals surface area contributed by atoms with Gasteiger partial charge in [0, 0.05) is 30.4 Å². The second-order valence-electron chi connectivity index (χ2n) is 5.26. The summed E-state index contributed by atoms with van der Waals surface area (Å²) in [4.78, 5) is 14.4. The molecule has 2 atom stereocenters. The number of rotatable bonds is 3. The first-order valence-electron chi connectivity index (χ1n) is 6.76. The van der Waals surface area contributed by atoms with Crippen LogP contribution in [-0.2, 0) is 0 Å². The molecule has 0 aliphatic carbocycles. The maximum atomic E-state index is 12.4. The number of benzene rings is 1. The zero-order chi connectivity index (χ0) is 13.1. The van der Waals surface area contributed by atoms with E-state index in [0.29, 0.717) is 12.0 Å². The number of nitrogens with zero attached hydrogens (tertiary/aromatic N) is 1. The number of carbonyl (C=O) groups is 1. The Kier molecular flexibility index (Phi) is 3.90. The van der Waals surface area contributed by atoms with Gasteiger partial charge in [0.15, 0.2) is 0 Å². The van der Waals surface area contributed by atoms with Crippen molar-refractivity contribution in [2.75, 3.05) is 18.4 Å². The largest absolute Gasteiger partial charge is 0.385 e. The van der Waals surface area contributed by atoms with Crippen LogP contribution in [-0.4, -0.2) is 29.9 Å². The van der Waals surface area contributed by atoms with Crippen LogP contribution in [0.4, 0.5) is 5.69 Å². The van der Waals surface area contributed by atoms with E-state index in [0.717, 1.165) is 30.8 Å². The van der Waals surface area contributed by atoms with Gasteiger partial charge < -0.3 is 10.2 Å². The molecular weight excluding hydrogens is 224 g/mol. The van der Waals surface area contributed by atoms with Crippen molar-refractivity contribution in [2.45, 2.75) is 33.2 Å². The number of carbonyl (C=O) groups excluding carboxylic acids is 1. The lowest BCUT2D eigenvalue weighted by Gasteiger charge is -2.21. The third kappa shape index (κ3) is 2.66. The summed E-state index contributed by atoms with van der Waals surface area (Å²) < 4.78 is 0. The molecule has 1 aliphatic rings. The molecule has 1 aliphatic heterocycles. The molecule has 1 aromatic rings. The van der Waals surface area contributed by atoms with Gasteiger partial charge in [-0.15, -0.1) is 0 Å². The summed E-state index contributed by atoms with van der Waals surface area (Å²) in [7, 11) is 0. The molecule has 18 heavy (non-hydrogen) atoms. The smallest absolute Gasteiger partial charge is 0.254 e. The van der Waals surface area contributed by atoms with Crippen molar-refractivity contribution in [1.82, 2.24) is 4.90 Å².